The Hall–Kier alpha value is -1.24. The van der Waals surface area contributed by atoms with Gasteiger partial charge >= 0.3 is 36.0 Å². The molecule has 14 heteroatoms. The van der Waals surface area contributed by atoms with Gasteiger partial charge in [0, 0.05) is 6.08 Å². The van der Waals surface area contributed by atoms with Gasteiger partial charge in [-0.05, 0) is 6.08 Å². The Morgan fingerprint density at radius 2 is 0.773 bits per heavy atom. The van der Waals surface area contributed by atoms with Crippen molar-refractivity contribution in [2.24, 2.45) is 0 Å². The fourth-order valence-corrected chi connectivity index (χ4v) is 1.05. The summed E-state index contributed by atoms with van der Waals surface area (Å²) in [6.07, 6.45) is -24.7. The van der Waals surface area contributed by atoms with Gasteiger partial charge < -0.3 is 0 Å². The molecule has 0 aromatic heterocycles. The molecule has 0 atom stereocenters. The third kappa shape index (κ3) is 3.39. The zero-order valence-electron chi connectivity index (χ0n) is 9.45. The Bertz CT molecular complexity index is 404. The first-order valence-corrected chi connectivity index (χ1v) is 4.56. The van der Waals surface area contributed by atoms with Crippen molar-refractivity contribution in [3.63, 3.8) is 0 Å². The van der Waals surface area contributed by atoms with Crippen LogP contribution in [0.1, 0.15) is 0 Å². The molecule has 0 aromatic carbocycles. The van der Waals surface area contributed by atoms with Gasteiger partial charge in [-0.2, -0.15) is 57.1 Å². The highest BCUT2D eigenvalue weighted by molar-refractivity contribution is 5.17. The number of hydrogen-bond donors (Lipinski definition) is 0. The van der Waals surface area contributed by atoms with Gasteiger partial charge in [-0.25, -0.2) is 4.39 Å². The maximum Gasteiger partial charge on any atom is 0.438 e. The van der Waals surface area contributed by atoms with Gasteiger partial charge in [0.25, 0.3) is 0 Å². The normalized spacial score (nSPS) is 16.5. The van der Waals surface area contributed by atoms with Crippen LogP contribution in [0.5, 0.6) is 0 Å². The van der Waals surface area contributed by atoms with Crippen molar-refractivity contribution in [1.29, 1.82) is 0 Å². The summed E-state index contributed by atoms with van der Waals surface area (Å²) in [4.78, 5) is 0. The van der Waals surface area contributed by atoms with E-state index in [2.05, 4.69) is 0 Å². The van der Waals surface area contributed by atoms with E-state index in [9.17, 15) is 61.5 Å². The van der Waals surface area contributed by atoms with Crippen molar-refractivity contribution >= 4 is 0 Å². The Morgan fingerprint density at radius 1 is 0.455 bits per heavy atom. The molecule has 0 nitrogen and oxygen atoms in total. The zero-order valence-corrected chi connectivity index (χ0v) is 9.45. The van der Waals surface area contributed by atoms with Gasteiger partial charge in [0.05, 0.1) is 0 Å². The molecule has 0 spiro atoms. The largest absolute Gasteiger partial charge is 0.438 e. The van der Waals surface area contributed by atoms with Crippen molar-refractivity contribution in [1.82, 2.24) is 0 Å². The van der Waals surface area contributed by atoms with Crippen LogP contribution in [0.15, 0.2) is 12.2 Å². The third-order valence-corrected chi connectivity index (χ3v) is 2.11. The first-order chi connectivity index (χ1) is 9.21. The molecule has 0 unspecified atom stereocenters. The van der Waals surface area contributed by atoms with Crippen LogP contribution in [0.3, 0.4) is 0 Å². The summed E-state index contributed by atoms with van der Waals surface area (Å²) in [5.41, 5.74) is -7.77. The number of hydrogen-bond acceptors (Lipinski definition) is 0. The lowest BCUT2D eigenvalue weighted by atomic mass is 9.90. The molecule has 0 aromatic rings. The molecule has 0 heterocycles. The molecule has 22 heavy (non-hydrogen) atoms. The fraction of sp³-hybridized carbons (Fsp3) is 0.750. The standard InChI is InChI=1S/C8H2F14/c9-3(10,1-2-4(11,12)13)6(15,16)5(14,7(17,18)19)8(20,21)22/h1-2H. The van der Waals surface area contributed by atoms with E-state index in [0.717, 1.165) is 0 Å². The lowest BCUT2D eigenvalue weighted by molar-refractivity contribution is -0.420. The Balaban J connectivity index is 6.21. The van der Waals surface area contributed by atoms with Crippen LogP contribution in [0, 0.1) is 0 Å². The molecule has 0 aliphatic rings. The summed E-state index contributed by atoms with van der Waals surface area (Å²) >= 11 is 0. The van der Waals surface area contributed by atoms with Crippen LogP contribution in [0.2, 0.25) is 0 Å². The molecule has 0 saturated heterocycles. The van der Waals surface area contributed by atoms with Crippen LogP contribution >= 0.6 is 0 Å². The van der Waals surface area contributed by atoms with Crippen molar-refractivity contribution in [3.05, 3.63) is 12.2 Å². The van der Waals surface area contributed by atoms with Gasteiger partial charge in [0.15, 0.2) is 0 Å². The zero-order chi connectivity index (χ0) is 18.4. The van der Waals surface area contributed by atoms with Crippen LogP contribution in [0.4, 0.5) is 61.5 Å². The van der Waals surface area contributed by atoms with E-state index < -0.39 is 48.2 Å². The summed E-state index contributed by atoms with van der Waals surface area (Å²) < 4.78 is 170. The maximum absolute atomic E-state index is 12.9. The van der Waals surface area contributed by atoms with Crippen LogP contribution < -0.4 is 0 Å². The van der Waals surface area contributed by atoms with Gasteiger partial charge in [-0.15, -0.1) is 0 Å². The second-order valence-electron chi connectivity index (χ2n) is 3.73. The van der Waals surface area contributed by atoms with Crippen molar-refractivity contribution < 1.29 is 61.5 Å². The quantitative estimate of drug-likeness (QED) is 0.477. The highest BCUT2D eigenvalue weighted by Crippen LogP contribution is 2.59. The highest BCUT2D eigenvalue weighted by atomic mass is 19.4. The van der Waals surface area contributed by atoms with Gasteiger partial charge in [-0.3, -0.25) is 0 Å². The third-order valence-electron chi connectivity index (χ3n) is 2.11. The molecule has 132 valence electrons. The second-order valence-corrected chi connectivity index (χ2v) is 3.73. The minimum atomic E-state index is -7.77. The van der Waals surface area contributed by atoms with Crippen LogP contribution in [-0.2, 0) is 0 Å². The Morgan fingerprint density at radius 3 is 1.00 bits per heavy atom. The molecule has 0 aliphatic carbocycles. The van der Waals surface area contributed by atoms with Crippen LogP contribution in [0.25, 0.3) is 0 Å². The van der Waals surface area contributed by atoms with E-state index >= 15 is 0 Å². The van der Waals surface area contributed by atoms with E-state index in [1.807, 2.05) is 0 Å². The number of alkyl halides is 14. The minimum Gasteiger partial charge on any atom is -0.216 e. The van der Waals surface area contributed by atoms with Gasteiger partial charge in [-0.1, -0.05) is 0 Å². The molecular formula is C8H2F14. The van der Waals surface area contributed by atoms with Crippen molar-refractivity contribution in [2.45, 2.75) is 36.0 Å². The lowest BCUT2D eigenvalue weighted by Crippen LogP contribution is -2.69. The number of rotatable bonds is 3. The van der Waals surface area contributed by atoms with Crippen molar-refractivity contribution in [2.75, 3.05) is 0 Å². The van der Waals surface area contributed by atoms with E-state index in [1.165, 1.54) is 0 Å². The summed E-state index contributed by atoms with van der Waals surface area (Å²) in [5, 5.41) is 0. The predicted octanol–water partition coefficient (Wildman–Crippen LogP) is 5.21. The monoisotopic (exact) mass is 364 g/mol. The van der Waals surface area contributed by atoms with E-state index in [1.54, 1.807) is 0 Å². The fourth-order valence-electron chi connectivity index (χ4n) is 1.05. The van der Waals surface area contributed by atoms with E-state index in [4.69, 9.17) is 0 Å². The molecule has 0 radical (unpaired) electrons. The minimum absolute atomic E-state index is 1.74. The lowest BCUT2D eigenvalue weighted by Gasteiger charge is -2.38. The first kappa shape index (κ1) is 20.8. The molecule has 0 bridgehead atoms. The second kappa shape index (κ2) is 5.15. The highest BCUT2D eigenvalue weighted by Gasteiger charge is 2.89. The van der Waals surface area contributed by atoms with Crippen molar-refractivity contribution in [3.8, 4) is 0 Å². The molecule has 0 aliphatic heterocycles. The summed E-state index contributed by atoms with van der Waals surface area (Å²) in [5.74, 6) is -14.3. The maximum atomic E-state index is 12.9. The smallest absolute Gasteiger partial charge is 0.216 e. The molecule has 0 rings (SSSR count). The van der Waals surface area contributed by atoms with Gasteiger partial charge in [0.2, 0.25) is 0 Å². The topological polar surface area (TPSA) is 0 Å². The average Bonchev–Trinajstić information content (AvgIpc) is 2.20. The first-order valence-electron chi connectivity index (χ1n) is 4.56. The van der Waals surface area contributed by atoms with E-state index in [-0.39, 0.29) is 0 Å². The average molecular weight is 364 g/mol. The van der Waals surface area contributed by atoms with E-state index in [0.29, 0.717) is 0 Å². The number of halogens is 14. The Labute approximate surface area is 111 Å². The molecule has 0 fully saturated rings. The number of allylic oxidation sites excluding steroid dienone is 2. The van der Waals surface area contributed by atoms with Gasteiger partial charge in [0.1, 0.15) is 0 Å². The van der Waals surface area contributed by atoms with Crippen LogP contribution in [-0.4, -0.2) is 36.0 Å². The summed E-state index contributed by atoms with van der Waals surface area (Å²) in [6, 6.07) is 0. The molecule has 0 saturated carbocycles. The summed E-state index contributed by atoms with van der Waals surface area (Å²) in [6.45, 7) is 0. The Kier molecular flexibility index (Phi) is 4.86. The predicted molar refractivity (Wildman–Crippen MR) is 41.0 cm³/mol. The SMILES string of the molecule is FC(F)(F)C=CC(F)(F)C(F)(F)C(F)(C(F)(F)F)C(F)(F)F. The molecule has 0 amide bonds. The summed E-state index contributed by atoms with van der Waals surface area (Å²) in [7, 11) is 0. The molecule has 0 N–H and O–H groups in total. The molecular weight excluding hydrogens is 362 g/mol.